The van der Waals surface area contributed by atoms with Gasteiger partial charge in [0.15, 0.2) is 0 Å². The zero-order valence-electron chi connectivity index (χ0n) is 11.7. The molecule has 1 aromatic heterocycles. The lowest BCUT2D eigenvalue weighted by Crippen LogP contribution is -2.35. The highest BCUT2D eigenvalue weighted by Crippen LogP contribution is 2.21. The minimum absolute atomic E-state index is 0.0685. The zero-order chi connectivity index (χ0) is 13.9. The molecule has 19 heavy (non-hydrogen) atoms. The maximum Gasteiger partial charge on any atom is 0.244 e. The van der Waals surface area contributed by atoms with Crippen LogP contribution >= 0.6 is 0 Å². The normalized spacial score (nSPS) is 19.1. The lowest BCUT2D eigenvalue weighted by molar-refractivity contribution is 0.426. The first-order valence-corrected chi connectivity index (χ1v) is 8.53. The molecule has 0 aliphatic heterocycles. The first-order valence-electron chi connectivity index (χ1n) is 7.04. The van der Waals surface area contributed by atoms with Crippen molar-refractivity contribution in [2.45, 2.75) is 69.7 Å². The molecule has 2 N–H and O–H groups in total. The predicted molar refractivity (Wildman–Crippen MR) is 74.5 cm³/mol. The number of nitrogens with zero attached hydrogens (tertiary/aromatic N) is 1. The summed E-state index contributed by atoms with van der Waals surface area (Å²) < 4.78 is 27.7. The highest BCUT2D eigenvalue weighted by atomic mass is 32.2. The minimum atomic E-state index is -3.45. The second-order valence-corrected chi connectivity index (χ2v) is 7.08. The Morgan fingerprint density at radius 3 is 2.21 bits per heavy atom. The van der Waals surface area contributed by atoms with E-state index in [-0.39, 0.29) is 6.04 Å². The van der Waals surface area contributed by atoms with E-state index in [1.54, 1.807) is 13.8 Å². The molecule has 1 saturated carbocycles. The van der Waals surface area contributed by atoms with Gasteiger partial charge in [0, 0.05) is 6.04 Å². The van der Waals surface area contributed by atoms with Gasteiger partial charge in [-0.05, 0) is 26.7 Å². The van der Waals surface area contributed by atoms with E-state index in [4.69, 9.17) is 0 Å². The fourth-order valence-corrected chi connectivity index (χ4v) is 4.46. The number of aryl methyl sites for hydroxylation is 2. The molecule has 108 valence electrons. The topological polar surface area (TPSA) is 74.8 Å². The van der Waals surface area contributed by atoms with Gasteiger partial charge in [-0.15, -0.1) is 0 Å². The monoisotopic (exact) mass is 285 g/mol. The molecule has 5 nitrogen and oxygen atoms in total. The third-order valence-electron chi connectivity index (χ3n) is 3.76. The largest absolute Gasteiger partial charge is 0.281 e. The molecule has 0 radical (unpaired) electrons. The van der Waals surface area contributed by atoms with E-state index in [2.05, 4.69) is 14.9 Å². The molecule has 0 amide bonds. The molecule has 0 spiro atoms. The van der Waals surface area contributed by atoms with Gasteiger partial charge in [0.2, 0.25) is 10.0 Å². The van der Waals surface area contributed by atoms with Crippen molar-refractivity contribution in [2.24, 2.45) is 0 Å². The van der Waals surface area contributed by atoms with Gasteiger partial charge in [-0.25, -0.2) is 13.1 Å². The van der Waals surface area contributed by atoms with Crippen LogP contribution in [0.3, 0.4) is 0 Å². The zero-order valence-corrected chi connectivity index (χ0v) is 12.5. The number of rotatable bonds is 3. The quantitative estimate of drug-likeness (QED) is 0.895. The van der Waals surface area contributed by atoms with Crippen molar-refractivity contribution in [3.63, 3.8) is 0 Å². The Bertz CT molecular complexity index is 494. The van der Waals surface area contributed by atoms with E-state index in [0.717, 1.165) is 25.7 Å². The maximum atomic E-state index is 12.4. The molecule has 1 aliphatic carbocycles. The summed E-state index contributed by atoms with van der Waals surface area (Å²) in [6.07, 6.45) is 7.79. The molecule has 2 rings (SSSR count). The van der Waals surface area contributed by atoms with Crippen molar-refractivity contribution in [3.8, 4) is 0 Å². The molecule has 1 aromatic rings. The standard InChI is InChI=1S/C13H23N3O2S/c1-10-13(11(2)15-14-10)19(17,18)16-12-8-6-4-3-5-7-9-12/h12,16H,3-9H2,1-2H3,(H,14,15). The molecule has 0 bridgehead atoms. The van der Waals surface area contributed by atoms with Crippen LogP contribution in [0, 0.1) is 13.8 Å². The molecular weight excluding hydrogens is 262 g/mol. The van der Waals surface area contributed by atoms with Gasteiger partial charge in [-0.1, -0.05) is 32.1 Å². The van der Waals surface area contributed by atoms with E-state index >= 15 is 0 Å². The Morgan fingerprint density at radius 1 is 1.11 bits per heavy atom. The molecule has 6 heteroatoms. The second-order valence-electron chi connectivity index (χ2n) is 5.43. The summed E-state index contributed by atoms with van der Waals surface area (Å²) in [4.78, 5) is 0.314. The number of nitrogens with one attached hydrogen (secondary N) is 2. The van der Waals surface area contributed by atoms with Crippen molar-refractivity contribution in [2.75, 3.05) is 0 Å². The van der Waals surface area contributed by atoms with Gasteiger partial charge >= 0.3 is 0 Å². The van der Waals surface area contributed by atoms with Crippen LogP contribution < -0.4 is 4.72 Å². The average molecular weight is 285 g/mol. The van der Waals surface area contributed by atoms with Crippen LogP contribution in [0.4, 0.5) is 0 Å². The summed E-state index contributed by atoms with van der Waals surface area (Å²) in [7, 11) is -3.45. The molecule has 0 aromatic carbocycles. The van der Waals surface area contributed by atoms with Crippen molar-refractivity contribution >= 4 is 10.0 Å². The summed E-state index contributed by atoms with van der Waals surface area (Å²) in [6, 6.07) is 0.0685. The number of aromatic amines is 1. The van der Waals surface area contributed by atoms with Gasteiger partial charge in [0.25, 0.3) is 0 Å². The van der Waals surface area contributed by atoms with Gasteiger partial charge in [-0.2, -0.15) is 5.10 Å². The number of sulfonamides is 1. The van der Waals surface area contributed by atoms with Crippen molar-refractivity contribution in [1.82, 2.24) is 14.9 Å². The molecule has 0 atom stereocenters. The van der Waals surface area contributed by atoms with Gasteiger partial charge < -0.3 is 0 Å². The minimum Gasteiger partial charge on any atom is -0.281 e. The van der Waals surface area contributed by atoms with Crippen molar-refractivity contribution in [3.05, 3.63) is 11.4 Å². The third kappa shape index (κ3) is 3.57. The van der Waals surface area contributed by atoms with Crippen LogP contribution in [0.1, 0.15) is 56.3 Å². The van der Waals surface area contributed by atoms with E-state index in [9.17, 15) is 8.42 Å². The van der Waals surface area contributed by atoms with Gasteiger partial charge in [0.1, 0.15) is 4.90 Å². The Labute approximate surface area is 115 Å². The molecular formula is C13H23N3O2S. The predicted octanol–water partition coefficient (Wildman–Crippen LogP) is 2.42. The highest BCUT2D eigenvalue weighted by molar-refractivity contribution is 7.89. The molecule has 0 saturated heterocycles. The maximum absolute atomic E-state index is 12.4. The lowest BCUT2D eigenvalue weighted by Gasteiger charge is -2.21. The molecule has 0 unspecified atom stereocenters. The van der Waals surface area contributed by atoms with Crippen LogP contribution in [-0.2, 0) is 10.0 Å². The molecule has 1 heterocycles. The lowest BCUT2D eigenvalue weighted by atomic mass is 9.97. The number of aromatic nitrogens is 2. The first-order chi connectivity index (χ1) is 9.00. The van der Waals surface area contributed by atoms with Crippen LogP contribution in [0.2, 0.25) is 0 Å². The van der Waals surface area contributed by atoms with Crippen molar-refractivity contribution in [1.29, 1.82) is 0 Å². The SMILES string of the molecule is Cc1n[nH]c(C)c1S(=O)(=O)NC1CCCCCCC1. The third-order valence-corrected chi connectivity index (χ3v) is 5.54. The molecule has 1 fully saturated rings. The van der Waals surface area contributed by atoms with Crippen LogP contribution in [0.15, 0.2) is 4.90 Å². The second kappa shape index (κ2) is 6.05. The van der Waals surface area contributed by atoms with Gasteiger partial charge in [-0.3, -0.25) is 5.10 Å². The smallest absolute Gasteiger partial charge is 0.244 e. The van der Waals surface area contributed by atoms with Crippen molar-refractivity contribution < 1.29 is 8.42 Å². The summed E-state index contributed by atoms with van der Waals surface area (Å²) in [6.45, 7) is 3.46. The van der Waals surface area contributed by atoms with E-state index in [1.165, 1.54) is 19.3 Å². The Morgan fingerprint density at radius 2 is 1.68 bits per heavy atom. The Hall–Kier alpha value is -0.880. The van der Waals surface area contributed by atoms with Crippen LogP contribution in [-0.4, -0.2) is 24.7 Å². The fourth-order valence-electron chi connectivity index (χ4n) is 2.79. The van der Waals surface area contributed by atoms with E-state index in [0.29, 0.717) is 16.3 Å². The number of H-pyrrole nitrogens is 1. The summed E-state index contributed by atoms with van der Waals surface area (Å²) in [5.41, 5.74) is 1.15. The number of hydrogen-bond acceptors (Lipinski definition) is 3. The first kappa shape index (κ1) is 14.5. The number of hydrogen-bond donors (Lipinski definition) is 2. The van der Waals surface area contributed by atoms with Crippen LogP contribution in [0.5, 0.6) is 0 Å². The van der Waals surface area contributed by atoms with E-state index in [1.807, 2.05) is 0 Å². The Kier molecular flexibility index (Phi) is 4.62. The highest BCUT2D eigenvalue weighted by Gasteiger charge is 2.25. The van der Waals surface area contributed by atoms with E-state index < -0.39 is 10.0 Å². The van der Waals surface area contributed by atoms with Gasteiger partial charge in [0.05, 0.1) is 11.4 Å². The molecule has 1 aliphatic rings. The van der Waals surface area contributed by atoms with Crippen LogP contribution in [0.25, 0.3) is 0 Å². The summed E-state index contributed by atoms with van der Waals surface area (Å²) in [5.74, 6) is 0. The summed E-state index contributed by atoms with van der Waals surface area (Å²) in [5, 5.41) is 6.70. The fraction of sp³-hybridized carbons (Fsp3) is 0.769. The summed E-state index contributed by atoms with van der Waals surface area (Å²) >= 11 is 0. The Balaban J connectivity index is 2.12. The average Bonchev–Trinajstić information content (AvgIpc) is 2.62.